The SMILES string of the molecule is CCCCOc1ccccc1/C=N/N=C1\NC(=O)C(Cc2ccc(C(C)C)cc2)S1. The quantitative estimate of drug-likeness (QED) is 0.344. The molecule has 1 amide bonds. The van der Waals surface area contributed by atoms with Crippen molar-refractivity contribution in [2.24, 2.45) is 10.2 Å². The van der Waals surface area contributed by atoms with Crippen LogP contribution in [0.3, 0.4) is 0 Å². The zero-order chi connectivity index (χ0) is 21.3. The van der Waals surface area contributed by atoms with Gasteiger partial charge in [0.25, 0.3) is 0 Å². The second-order valence-corrected chi connectivity index (χ2v) is 8.78. The Balaban J connectivity index is 1.59. The number of amides is 1. The molecule has 1 saturated heterocycles. The number of carbonyl (C=O) groups excluding carboxylic acids is 1. The number of amidine groups is 1. The summed E-state index contributed by atoms with van der Waals surface area (Å²) >= 11 is 1.42. The molecule has 0 spiro atoms. The summed E-state index contributed by atoms with van der Waals surface area (Å²) in [6.45, 7) is 7.17. The lowest BCUT2D eigenvalue weighted by atomic mass is 10.0. The van der Waals surface area contributed by atoms with Crippen molar-refractivity contribution in [3.05, 3.63) is 65.2 Å². The minimum Gasteiger partial charge on any atom is -0.493 e. The molecule has 0 bridgehead atoms. The van der Waals surface area contributed by atoms with Gasteiger partial charge in [-0.05, 0) is 42.0 Å². The molecule has 5 nitrogen and oxygen atoms in total. The summed E-state index contributed by atoms with van der Waals surface area (Å²) in [5.41, 5.74) is 3.32. The molecule has 1 N–H and O–H groups in total. The minimum atomic E-state index is -0.187. The largest absolute Gasteiger partial charge is 0.493 e. The molecule has 1 aliphatic heterocycles. The highest BCUT2D eigenvalue weighted by Gasteiger charge is 2.30. The number of thioether (sulfide) groups is 1. The van der Waals surface area contributed by atoms with Crippen molar-refractivity contribution >= 4 is 29.1 Å². The van der Waals surface area contributed by atoms with Crippen LogP contribution in [-0.2, 0) is 11.2 Å². The average molecular weight is 424 g/mol. The molecule has 2 aromatic carbocycles. The van der Waals surface area contributed by atoms with Crippen LogP contribution in [0.2, 0.25) is 0 Å². The summed E-state index contributed by atoms with van der Waals surface area (Å²) in [5, 5.41) is 11.5. The van der Waals surface area contributed by atoms with Crippen LogP contribution in [0.4, 0.5) is 0 Å². The van der Waals surface area contributed by atoms with Gasteiger partial charge >= 0.3 is 0 Å². The van der Waals surface area contributed by atoms with E-state index in [2.05, 4.69) is 60.6 Å². The normalized spacial score (nSPS) is 17.8. The zero-order valence-corrected chi connectivity index (χ0v) is 18.6. The van der Waals surface area contributed by atoms with Crippen LogP contribution in [-0.4, -0.2) is 29.1 Å². The second kappa shape index (κ2) is 11.0. The Kier molecular flexibility index (Phi) is 8.08. The Morgan fingerprint density at radius 3 is 2.67 bits per heavy atom. The van der Waals surface area contributed by atoms with E-state index < -0.39 is 0 Å². The number of benzene rings is 2. The van der Waals surface area contributed by atoms with Gasteiger partial charge in [0, 0.05) is 5.56 Å². The first-order valence-corrected chi connectivity index (χ1v) is 11.3. The Labute approximate surface area is 183 Å². The molecule has 6 heteroatoms. The highest BCUT2D eigenvalue weighted by Crippen LogP contribution is 2.24. The van der Waals surface area contributed by atoms with Gasteiger partial charge in [0.2, 0.25) is 5.91 Å². The van der Waals surface area contributed by atoms with E-state index in [4.69, 9.17) is 4.74 Å². The lowest BCUT2D eigenvalue weighted by Gasteiger charge is -2.08. The van der Waals surface area contributed by atoms with Gasteiger partial charge in [-0.3, -0.25) is 4.79 Å². The molecule has 0 aliphatic carbocycles. The van der Waals surface area contributed by atoms with Crippen molar-refractivity contribution < 1.29 is 9.53 Å². The molecule has 1 heterocycles. The van der Waals surface area contributed by atoms with Crippen molar-refractivity contribution in [3.63, 3.8) is 0 Å². The standard InChI is InChI=1S/C24H29N3O2S/c1-4-5-14-29-21-9-7-6-8-20(21)16-25-27-24-26-23(28)22(30-24)15-18-10-12-19(13-11-18)17(2)3/h6-13,16-17,22H,4-5,14-15H2,1-3H3,(H,26,27,28)/b25-16+. The van der Waals surface area contributed by atoms with Crippen LogP contribution in [0.15, 0.2) is 58.7 Å². The summed E-state index contributed by atoms with van der Waals surface area (Å²) in [4.78, 5) is 12.3. The summed E-state index contributed by atoms with van der Waals surface area (Å²) < 4.78 is 5.81. The number of rotatable bonds is 9. The number of hydrogen-bond donors (Lipinski definition) is 1. The molecule has 0 radical (unpaired) electrons. The summed E-state index contributed by atoms with van der Waals surface area (Å²) in [6, 6.07) is 16.2. The Morgan fingerprint density at radius 1 is 1.17 bits per heavy atom. The van der Waals surface area contributed by atoms with E-state index >= 15 is 0 Å². The van der Waals surface area contributed by atoms with Gasteiger partial charge in [0.15, 0.2) is 5.17 Å². The highest BCUT2D eigenvalue weighted by atomic mass is 32.2. The fourth-order valence-electron chi connectivity index (χ4n) is 3.03. The predicted molar refractivity (Wildman–Crippen MR) is 126 cm³/mol. The maximum Gasteiger partial charge on any atom is 0.239 e. The van der Waals surface area contributed by atoms with Gasteiger partial charge < -0.3 is 10.1 Å². The van der Waals surface area contributed by atoms with Crippen LogP contribution in [0.25, 0.3) is 0 Å². The van der Waals surface area contributed by atoms with Gasteiger partial charge in [-0.15, -0.1) is 5.10 Å². The third-order valence-corrected chi connectivity index (χ3v) is 5.94. The van der Waals surface area contributed by atoms with E-state index in [9.17, 15) is 4.79 Å². The lowest BCUT2D eigenvalue weighted by Crippen LogP contribution is -2.25. The van der Waals surface area contributed by atoms with Crippen molar-refractivity contribution in [2.45, 2.75) is 51.2 Å². The summed E-state index contributed by atoms with van der Waals surface area (Å²) in [7, 11) is 0. The van der Waals surface area contributed by atoms with Crippen molar-refractivity contribution in [1.29, 1.82) is 0 Å². The van der Waals surface area contributed by atoms with Crippen LogP contribution in [0, 0.1) is 0 Å². The van der Waals surface area contributed by atoms with E-state index in [-0.39, 0.29) is 11.2 Å². The first-order valence-electron chi connectivity index (χ1n) is 10.5. The summed E-state index contributed by atoms with van der Waals surface area (Å²) in [5.74, 6) is 1.27. The zero-order valence-electron chi connectivity index (χ0n) is 17.8. The molecule has 1 aliphatic rings. The maximum absolute atomic E-state index is 12.3. The second-order valence-electron chi connectivity index (χ2n) is 7.59. The maximum atomic E-state index is 12.3. The molecule has 1 unspecified atom stereocenters. The number of ether oxygens (including phenoxy) is 1. The molecule has 1 fully saturated rings. The smallest absolute Gasteiger partial charge is 0.239 e. The molecule has 3 rings (SSSR count). The average Bonchev–Trinajstić information content (AvgIpc) is 3.08. The van der Waals surface area contributed by atoms with Crippen molar-refractivity contribution in [1.82, 2.24) is 5.32 Å². The van der Waals surface area contributed by atoms with Gasteiger partial charge in [-0.2, -0.15) is 5.10 Å². The van der Waals surface area contributed by atoms with Crippen LogP contribution >= 0.6 is 11.8 Å². The van der Waals surface area contributed by atoms with E-state index in [0.29, 0.717) is 24.1 Å². The van der Waals surface area contributed by atoms with Crippen LogP contribution < -0.4 is 10.1 Å². The number of hydrogen-bond acceptors (Lipinski definition) is 5. The van der Waals surface area contributed by atoms with Gasteiger partial charge in [-0.1, -0.05) is 75.4 Å². The van der Waals surface area contributed by atoms with Gasteiger partial charge in [0.1, 0.15) is 5.75 Å². The molecular weight excluding hydrogens is 394 g/mol. The number of nitrogens with zero attached hydrogens (tertiary/aromatic N) is 2. The molecule has 0 aromatic heterocycles. The topological polar surface area (TPSA) is 63.1 Å². The molecule has 0 saturated carbocycles. The van der Waals surface area contributed by atoms with E-state index in [1.54, 1.807) is 6.21 Å². The molecule has 158 valence electrons. The number of unbranched alkanes of at least 4 members (excludes halogenated alkanes) is 1. The fourth-order valence-corrected chi connectivity index (χ4v) is 3.99. The Morgan fingerprint density at radius 2 is 1.93 bits per heavy atom. The van der Waals surface area contributed by atoms with Crippen molar-refractivity contribution in [2.75, 3.05) is 6.61 Å². The number of carbonyl (C=O) groups is 1. The number of nitrogens with one attached hydrogen (secondary N) is 1. The van der Waals surface area contributed by atoms with E-state index in [1.807, 2.05) is 24.3 Å². The van der Waals surface area contributed by atoms with E-state index in [1.165, 1.54) is 17.3 Å². The highest BCUT2D eigenvalue weighted by molar-refractivity contribution is 8.15. The van der Waals surface area contributed by atoms with Gasteiger partial charge in [0.05, 0.1) is 18.1 Å². The lowest BCUT2D eigenvalue weighted by molar-refractivity contribution is -0.118. The Hall–Kier alpha value is -2.60. The first kappa shape index (κ1) is 22.1. The van der Waals surface area contributed by atoms with E-state index in [0.717, 1.165) is 29.7 Å². The number of para-hydroxylation sites is 1. The summed E-state index contributed by atoms with van der Waals surface area (Å²) in [6.07, 6.45) is 4.44. The minimum absolute atomic E-state index is 0.0230. The molecular formula is C24H29N3O2S. The van der Waals surface area contributed by atoms with Crippen LogP contribution in [0.5, 0.6) is 5.75 Å². The van der Waals surface area contributed by atoms with Crippen LogP contribution in [0.1, 0.15) is 56.2 Å². The third kappa shape index (κ3) is 6.20. The van der Waals surface area contributed by atoms with Crippen molar-refractivity contribution in [3.8, 4) is 5.75 Å². The predicted octanol–water partition coefficient (Wildman–Crippen LogP) is 5.15. The Bertz CT molecular complexity index is 907. The third-order valence-electron chi connectivity index (χ3n) is 4.86. The molecule has 2 aromatic rings. The molecule has 1 atom stereocenters. The fraction of sp³-hybridized carbons (Fsp3) is 0.375. The first-order chi connectivity index (χ1) is 14.6. The van der Waals surface area contributed by atoms with Gasteiger partial charge in [-0.25, -0.2) is 0 Å². The molecule has 30 heavy (non-hydrogen) atoms. The monoisotopic (exact) mass is 423 g/mol.